The van der Waals surface area contributed by atoms with E-state index in [0.717, 1.165) is 13.6 Å². The summed E-state index contributed by atoms with van der Waals surface area (Å²) in [5.74, 6) is -0.375. The van der Waals surface area contributed by atoms with Gasteiger partial charge in [-0.05, 0) is 90.0 Å². The number of ether oxygens (including phenoxy) is 2. The first-order chi connectivity index (χ1) is 19.7. The number of halogens is 4. The summed E-state index contributed by atoms with van der Waals surface area (Å²) in [6.45, 7) is 3.89. The average molecular weight is 768 g/mol. The normalized spacial score (nSPS) is 15.0. The summed E-state index contributed by atoms with van der Waals surface area (Å²) in [6, 6.07) is 16.1. The molecule has 2 heterocycles. The van der Waals surface area contributed by atoms with E-state index in [1.54, 1.807) is 44.2 Å². The van der Waals surface area contributed by atoms with E-state index >= 15 is 0 Å². The molecule has 0 bridgehead atoms. The van der Waals surface area contributed by atoms with E-state index < -0.39 is 17.8 Å². The molecule has 0 saturated carbocycles. The molecule has 1 aliphatic rings. The van der Waals surface area contributed by atoms with Crippen molar-refractivity contribution in [1.82, 2.24) is 4.57 Å². The maximum atomic E-state index is 14.0. The average Bonchev–Trinajstić information content (AvgIpc) is 3.23. The van der Waals surface area contributed by atoms with Crippen LogP contribution in [-0.2, 0) is 16.1 Å². The van der Waals surface area contributed by atoms with Gasteiger partial charge >= 0.3 is 5.97 Å². The molecule has 41 heavy (non-hydrogen) atoms. The molecule has 1 atom stereocenters. The highest BCUT2D eigenvalue weighted by Crippen LogP contribution is 2.33. The topological polar surface area (TPSA) is 69.9 Å². The van der Waals surface area contributed by atoms with Gasteiger partial charge in [-0.25, -0.2) is 14.2 Å². The second-order valence-electron chi connectivity index (χ2n) is 9.07. The molecule has 0 amide bonds. The fourth-order valence-corrected chi connectivity index (χ4v) is 7.34. The maximum absolute atomic E-state index is 14.0. The largest absolute Gasteiger partial charge is 0.487 e. The quantitative estimate of drug-likeness (QED) is 0.158. The van der Waals surface area contributed by atoms with E-state index in [1.165, 1.54) is 28.0 Å². The molecule has 0 fully saturated rings. The van der Waals surface area contributed by atoms with Crippen LogP contribution in [0.5, 0.6) is 5.75 Å². The minimum atomic E-state index is -0.823. The van der Waals surface area contributed by atoms with E-state index in [0.29, 0.717) is 43.5 Å². The van der Waals surface area contributed by atoms with Crippen molar-refractivity contribution in [2.24, 2.45) is 4.99 Å². The molecule has 11 heteroatoms. The summed E-state index contributed by atoms with van der Waals surface area (Å²) in [6.07, 6.45) is 1.76. The monoisotopic (exact) mass is 766 g/mol. The first-order valence-electron chi connectivity index (χ1n) is 12.5. The summed E-state index contributed by atoms with van der Waals surface area (Å²) in [5.41, 5.74) is 2.55. The Balaban J connectivity index is 1.64. The van der Waals surface area contributed by atoms with Crippen LogP contribution in [0.4, 0.5) is 4.39 Å². The molecule has 0 unspecified atom stereocenters. The second-order valence-corrected chi connectivity index (χ2v) is 12.6. The van der Waals surface area contributed by atoms with Gasteiger partial charge in [-0.15, -0.1) is 0 Å². The van der Waals surface area contributed by atoms with Crippen LogP contribution in [0, 0.1) is 9.39 Å². The number of fused-ring (bicyclic) bond motifs is 1. The van der Waals surface area contributed by atoms with Crippen molar-refractivity contribution in [2.75, 3.05) is 6.61 Å². The van der Waals surface area contributed by atoms with Crippen molar-refractivity contribution in [1.29, 1.82) is 0 Å². The molecule has 1 aromatic heterocycles. The zero-order valence-electron chi connectivity index (χ0n) is 21.8. The smallest absolute Gasteiger partial charge is 0.338 e. The summed E-state index contributed by atoms with van der Waals surface area (Å²) in [5, 5.41) is 0.642. The number of allylic oxidation sites excluding steroid dienone is 1. The van der Waals surface area contributed by atoms with Gasteiger partial charge < -0.3 is 9.47 Å². The lowest BCUT2D eigenvalue weighted by Gasteiger charge is -2.24. The molecule has 3 aromatic carbocycles. The van der Waals surface area contributed by atoms with Gasteiger partial charge in [0, 0.05) is 15.1 Å². The SMILES string of the molecule is CCOC(=O)C1=C(C)N=c2s/c(=C\c3cc(Br)cc(I)c3OCc3ccc(Cl)cc3)c(=O)n2[C@H]1c1ccc(F)cc1. The van der Waals surface area contributed by atoms with Gasteiger partial charge in [0.2, 0.25) is 0 Å². The highest BCUT2D eigenvalue weighted by molar-refractivity contribution is 14.1. The zero-order chi connectivity index (χ0) is 29.3. The van der Waals surface area contributed by atoms with E-state index in [4.69, 9.17) is 21.1 Å². The summed E-state index contributed by atoms with van der Waals surface area (Å²) < 4.78 is 28.9. The van der Waals surface area contributed by atoms with Gasteiger partial charge in [0.05, 0.1) is 32.0 Å². The number of aromatic nitrogens is 1. The number of nitrogens with zero attached hydrogens (tertiary/aromatic N) is 2. The van der Waals surface area contributed by atoms with Crippen molar-refractivity contribution < 1.29 is 18.7 Å². The van der Waals surface area contributed by atoms with E-state index in [2.05, 4.69) is 43.5 Å². The number of hydrogen-bond donors (Lipinski definition) is 0. The van der Waals surface area contributed by atoms with E-state index in [-0.39, 0.29) is 17.7 Å². The lowest BCUT2D eigenvalue weighted by Crippen LogP contribution is -2.39. The van der Waals surface area contributed by atoms with Gasteiger partial charge in [-0.2, -0.15) is 0 Å². The van der Waals surface area contributed by atoms with Gasteiger partial charge in [-0.1, -0.05) is 63.1 Å². The highest BCUT2D eigenvalue weighted by Gasteiger charge is 2.33. The Bertz CT molecular complexity index is 1850. The number of carbonyl (C=O) groups is 1. The molecule has 210 valence electrons. The molecular formula is C30H22BrClFIN2O4S. The number of carbonyl (C=O) groups excluding carboxylic acids is 1. The molecule has 6 nitrogen and oxygen atoms in total. The molecule has 5 rings (SSSR count). The Hall–Kier alpha value is -2.80. The van der Waals surface area contributed by atoms with Crippen LogP contribution in [0.2, 0.25) is 5.02 Å². The van der Waals surface area contributed by atoms with Crippen LogP contribution in [0.3, 0.4) is 0 Å². The van der Waals surface area contributed by atoms with Crippen molar-refractivity contribution in [2.45, 2.75) is 26.5 Å². The number of hydrogen-bond acceptors (Lipinski definition) is 6. The van der Waals surface area contributed by atoms with Crippen molar-refractivity contribution in [3.05, 3.63) is 127 Å². The Labute approximate surface area is 266 Å². The number of thiazole rings is 1. The van der Waals surface area contributed by atoms with Crippen LogP contribution in [-0.4, -0.2) is 17.1 Å². The lowest BCUT2D eigenvalue weighted by atomic mass is 9.96. The standard InChI is InChI=1S/C30H22BrClFIN2O4S/c1-3-39-29(38)25-16(2)35-30-36(26(25)18-6-10-22(33)11-7-18)28(37)24(41-30)13-19-12-20(31)14-23(34)27(19)40-15-17-4-8-21(32)9-5-17/h4-14,26H,3,15H2,1-2H3/b24-13-/t26-/m0/s1. The third-order valence-electron chi connectivity index (χ3n) is 6.32. The molecular weight excluding hydrogens is 746 g/mol. The first-order valence-corrected chi connectivity index (χ1v) is 15.5. The Morgan fingerprint density at radius 3 is 2.59 bits per heavy atom. The fourth-order valence-electron chi connectivity index (χ4n) is 4.47. The zero-order valence-corrected chi connectivity index (χ0v) is 27.1. The minimum Gasteiger partial charge on any atom is -0.487 e. The Morgan fingerprint density at radius 2 is 1.90 bits per heavy atom. The summed E-state index contributed by atoms with van der Waals surface area (Å²) in [7, 11) is 0. The molecule has 0 N–H and O–H groups in total. The first kappa shape index (κ1) is 29.7. The van der Waals surface area contributed by atoms with E-state index in [9.17, 15) is 14.0 Å². The predicted molar refractivity (Wildman–Crippen MR) is 169 cm³/mol. The van der Waals surface area contributed by atoms with E-state index in [1.807, 2.05) is 24.3 Å². The lowest BCUT2D eigenvalue weighted by molar-refractivity contribution is -0.139. The second kappa shape index (κ2) is 12.6. The van der Waals surface area contributed by atoms with Crippen LogP contribution in [0.25, 0.3) is 6.08 Å². The number of benzene rings is 3. The molecule has 0 spiro atoms. The summed E-state index contributed by atoms with van der Waals surface area (Å²) >= 11 is 13.0. The predicted octanol–water partition coefficient (Wildman–Crippen LogP) is 6.54. The summed E-state index contributed by atoms with van der Waals surface area (Å²) in [4.78, 5) is 32.0. The number of rotatable bonds is 7. The van der Waals surface area contributed by atoms with Gasteiger partial charge in [0.15, 0.2) is 4.80 Å². The Morgan fingerprint density at radius 1 is 1.20 bits per heavy atom. The third kappa shape index (κ3) is 6.35. The maximum Gasteiger partial charge on any atom is 0.338 e. The van der Waals surface area contributed by atoms with Crippen LogP contribution in [0.1, 0.15) is 36.6 Å². The van der Waals surface area contributed by atoms with Crippen LogP contribution in [0.15, 0.2) is 86.2 Å². The highest BCUT2D eigenvalue weighted by atomic mass is 127. The van der Waals surface area contributed by atoms with Crippen molar-refractivity contribution in [3.63, 3.8) is 0 Å². The third-order valence-corrected chi connectivity index (χ3v) is 8.82. The van der Waals surface area contributed by atoms with Gasteiger partial charge in [-0.3, -0.25) is 9.36 Å². The number of esters is 1. The molecule has 4 aromatic rings. The van der Waals surface area contributed by atoms with Gasteiger partial charge in [0.1, 0.15) is 18.2 Å². The van der Waals surface area contributed by atoms with Crippen LogP contribution >= 0.6 is 61.5 Å². The fraction of sp³-hybridized carbons (Fsp3) is 0.167. The molecule has 0 aliphatic carbocycles. The van der Waals surface area contributed by atoms with Crippen molar-refractivity contribution in [3.8, 4) is 5.75 Å². The molecule has 1 aliphatic heterocycles. The minimum absolute atomic E-state index is 0.163. The van der Waals surface area contributed by atoms with Crippen LogP contribution < -0.4 is 19.6 Å². The Kier molecular flexibility index (Phi) is 9.12. The van der Waals surface area contributed by atoms with Crippen molar-refractivity contribution >= 4 is 73.5 Å². The molecule has 0 saturated heterocycles. The molecule has 0 radical (unpaired) electrons. The van der Waals surface area contributed by atoms with Gasteiger partial charge in [0.25, 0.3) is 5.56 Å².